The normalized spacial score (nSPS) is 11.6. The Kier molecular flexibility index (Phi) is 7.00. The zero-order valence-corrected chi connectivity index (χ0v) is 14.7. The predicted molar refractivity (Wildman–Crippen MR) is 93.7 cm³/mol. The van der Waals surface area contributed by atoms with Crippen molar-refractivity contribution in [3.05, 3.63) is 51.5 Å². The first kappa shape index (κ1) is 18.6. The summed E-state index contributed by atoms with van der Waals surface area (Å²) in [5.41, 5.74) is 8.49. The first-order valence-electron chi connectivity index (χ1n) is 6.98. The van der Waals surface area contributed by atoms with E-state index in [-0.39, 0.29) is 24.4 Å². The van der Waals surface area contributed by atoms with E-state index in [0.717, 1.165) is 11.4 Å². The van der Waals surface area contributed by atoms with E-state index in [0.29, 0.717) is 12.2 Å². The van der Waals surface area contributed by atoms with E-state index in [9.17, 15) is 4.79 Å². The van der Waals surface area contributed by atoms with E-state index in [1.54, 1.807) is 10.3 Å². The van der Waals surface area contributed by atoms with Gasteiger partial charge in [-0.2, -0.15) is 0 Å². The molecule has 1 aromatic heterocycles. The van der Waals surface area contributed by atoms with Crippen LogP contribution in [0.1, 0.15) is 33.5 Å². The van der Waals surface area contributed by atoms with E-state index < -0.39 is 0 Å². The fraction of sp³-hybridized carbons (Fsp3) is 0.375. The van der Waals surface area contributed by atoms with Crippen molar-refractivity contribution in [2.45, 2.75) is 32.9 Å². The van der Waals surface area contributed by atoms with Crippen LogP contribution in [0.5, 0.6) is 0 Å². The topological polar surface area (TPSA) is 59.2 Å². The van der Waals surface area contributed by atoms with Gasteiger partial charge in [0.15, 0.2) is 0 Å². The number of amides is 1. The van der Waals surface area contributed by atoms with Gasteiger partial charge in [0, 0.05) is 25.0 Å². The number of halogens is 1. The maximum absolute atomic E-state index is 12.4. The summed E-state index contributed by atoms with van der Waals surface area (Å²) in [6.07, 6.45) is 0.830. The average Bonchev–Trinajstić information content (AvgIpc) is 2.97. The number of likely N-dealkylation sites (N-methyl/N-ethyl adjacent to an activating group) is 1. The summed E-state index contributed by atoms with van der Waals surface area (Å²) in [5, 5.41) is 2.57. The Morgan fingerprint density at radius 1 is 1.36 bits per heavy atom. The van der Waals surface area contributed by atoms with Crippen molar-refractivity contribution in [1.82, 2.24) is 9.88 Å². The first-order valence-corrected chi connectivity index (χ1v) is 7.86. The molecule has 0 aliphatic rings. The minimum Gasteiger partial charge on any atom is -0.337 e. The Hall–Kier alpha value is -1.43. The lowest BCUT2D eigenvalue weighted by atomic mass is 10.0. The van der Waals surface area contributed by atoms with Gasteiger partial charge in [0.2, 0.25) is 0 Å². The number of hydrogen-bond acceptors (Lipinski definition) is 4. The SMILES string of the molecule is Cc1ccc(CC(C)N(C)C(=O)c2csc(CN)n2)cc1.Cl. The van der Waals surface area contributed by atoms with Crippen LogP contribution in [0.25, 0.3) is 0 Å². The van der Waals surface area contributed by atoms with E-state index in [2.05, 4.69) is 36.2 Å². The smallest absolute Gasteiger partial charge is 0.273 e. The quantitative estimate of drug-likeness (QED) is 0.910. The summed E-state index contributed by atoms with van der Waals surface area (Å²) in [7, 11) is 1.82. The molecule has 120 valence electrons. The van der Waals surface area contributed by atoms with Gasteiger partial charge in [-0.1, -0.05) is 29.8 Å². The van der Waals surface area contributed by atoms with Crippen molar-refractivity contribution >= 4 is 29.7 Å². The third-order valence-corrected chi connectivity index (χ3v) is 4.45. The van der Waals surface area contributed by atoms with Crippen LogP contribution in [0, 0.1) is 6.92 Å². The largest absolute Gasteiger partial charge is 0.337 e. The second-order valence-corrected chi connectivity index (χ2v) is 6.23. The van der Waals surface area contributed by atoms with E-state index in [1.165, 1.54) is 22.5 Å². The number of carbonyl (C=O) groups is 1. The Morgan fingerprint density at radius 3 is 2.55 bits per heavy atom. The molecule has 0 bridgehead atoms. The molecule has 1 heterocycles. The lowest BCUT2D eigenvalue weighted by Gasteiger charge is -2.24. The van der Waals surface area contributed by atoms with Gasteiger partial charge < -0.3 is 10.6 Å². The molecule has 0 saturated heterocycles. The highest BCUT2D eigenvalue weighted by molar-refractivity contribution is 7.09. The van der Waals surface area contributed by atoms with Gasteiger partial charge in [-0.05, 0) is 25.8 Å². The highest BCUT2D eigenvalue weighted by Crippen LogP contribution is 2.14. The minimum absolute atomic E-state index is 0. The fourth-order valence-corrected chi connectivity index (χ4v) is 2.73. The molecular weight excluding hydrogens is 318 g/mol. The van der Waals surface area contributed by atoms with Crippen LogP contribution in [0.4, 0.5) is 0 Å². The van der Waals surface area contributed by atoms with Crippen LogP contribution in [0.3, 0.4) is 0 Å². The van der Waals surface area contributed by atoms with Crippen molar-refractivity contribution in [2.75, 3.05) is 7.05 Å². The van der Waals surface area contributed by atoms with Crippen LogP contribution in [-0.4, -0.2) is 28.9 Å². The molecule has 2 N–H and O–H groups in total. The lowest BCUT2D eigenvalue weighted by molar-refractivity contribution is 0.0738. The summed E-state index contributed by atoms with van der Waals surface area (Å²) in [6.45, 7) is 4.49. The summed E-state index contributed by atoms with van der Waals surface area (Å²) in [4.78, 5) is 18.4. The standard InChI is InChI=1S/C16H21N3OS.ClH/c1-11-4-6-13(7-5-11)8-12(2)19(3)16(20)14-10-21-15(9-17)18-14;/h4-7,10,12H,8-9,17H2,1-3H3;1H. The molecule has 0 saturated carbocycles. The van der Waals surface area contributed by atoms with Crippen molar-refractivity contribution < 1.29 is 4.79 Å². The average molecular weight is 340 g/mol. The first-order chi connectivity index (χ1) is 10.0. The number of hydrogen-bond donors (Lipinski definition) is 1. The van der Waals surface area contributed by atoms with Gasteiger partial charge in [0.05, 0.1) is 0 Å². The van der Waals surface area contributed by atoms with Gasteiger partial charge in [-0.25, -0.2) is 4.98 Å². The molecule has 0 radical (unpaired) electrons. The Morgan fingerprint density at radius 2 is 2.00 bits per heavy atom. The van der Waals surface area contributed by atoms with Crippen LogP contribution < -0.4 is 5.73 Å². The van der Waals surface area contributed by atoms with Crippen molar-refractivity contribution in [3.8, 4) is 0 Å². The molecule has 1 atom stereocenters. The molecule has 22 heavy (non-hydrogen) atoms. The molecule has 1 aromatic carbocycles. The van der Waals surface area contributed by atoms with Crippen LogP contribution in [0.15, 0.2) is 29.6 Å². The maximum Gasteiger partial charge on any atom is 0.273 e. The molecule has 4 nitrogen and oxygen atoms in total. The Bertz CT molecular complexity index is 612. The molecule has 0 fully saturated rings. The Balaban J connectivity index is 0.00000242. The lowest BCUT2D eigenvalue weighted by Crippen LogP contribution is -2.36. The maximum atomic E-state index is 12.4. The molecule has 1 amide bonds. The zero-order chi connectivity index (χ0) is 15.4. The van der Waals surface area contributed by atoms with E-state index >= 15 is 0 Å². The van der Waals surface area contributed by atoms with E-state index in [4.69, 9.17) is 5.73 Å². The van der Waals surface area contributed by atoms with Crippen LogP contribution in [-0.2, 0) is 13.0 Å². The number of thiazole rings is 1. The van der Waals surface area contributed by atoms with Gasteiger partial charge in [-0.3, -0.25) is 4.79 Å². The summed E-state index contributed by atoms with van der Waals surface area (Å²) >= 11 is 1.43. The molecular formula is C16H22ClN3OS. The number of aromatic nitrogens is 1. The number of carbonyl (C=O) groups excluding carboxylic acids is 1. The zero-order valence-electron chi connectivity index (χ0n) is 13.1. The van der Waals surface area contributed by atoms with Crippen LogP contribution >= 0.6 is 23.7 Å². The third-order valence-electron chi connectivity index (χ3n) is 3.58. The monoisotopic (exact) mass is 339 g/mol. The third kappa shape index (κ3) is 4.53. The number of benzene rings is 1. The van der Waals surface area contributed by atoms with E-state index in [1.807, 2.05) is 14.0 Å². The predicted octanol–water partition coefficient (Wildman–Crippen LogP) is 3.04. The number of nitrogens with zero attached hydrogens (tertiary/aromatic N) is 2. The molecule has 1 unspecified atom stereocenters. The second kappa shape index (κ2) is 8.27. The number of nitrogens with two attached hydrogens (primary N) is 1. The second-order valence-electron chi connectivity index (χ2n) is 5.29. The molecule has 0 spiro atoms. The van der Waals surface area contributed by atoms with Crippen molar-refractivity contribution in [3.63, 3.8) is 0 Å². The van der Waals surface area contributed by atoms with Gasteiger partial charge in [0.25, 0.3) is 5.91 Å². The number of rotatable bonds is 5. The molecule has 0 aliphatic carbocycles. The number of aryl methyl sites for hydroxylation is 1. The molecule has 6 heteroatoms. The highest BCUT2D eigenvalue weighted by atomic mass is 35.5. The van der Waals surface area contributed by atoms with Crippen LogP contribution in [0.2, 0.25) is 0 Å². The van der Waals surface area contributed by atoms with Crippen molar-refractivity contribution in [1.29, 1.82) is 0 Å². The summed E-state index contributed by atoms with van der Waals surface area (Å²) in [6, 6.07) is 8.53. The summed E-state index contributed by atoms with van der Waals surface area (Å²) in [5.74, 6) is -0.0504. The van der Waals surface area contributed by atoms with Gasteiger partial charge in [-0.15, -0.1) is 23.7 Å². The minimum atomic E-state index is -0.0504. The molecule has 2 rings (SSSR count). The molecule has 0 aliphatic heterocycles. The van der Waals surface area contributed by atoms with Crippen molar-refractivity contribution in [2.24, 2.45) is 5.73 Å². The van der Waals surface area contributed by atoms with Gasteiger partial charge >= 0.3 is 0 Å². The summed E-state index contributed by atoms with van der Waals surface area (Å²) < 4.78 is 0. The molecule has 2 aromatic rings. The Labute approximate surface area is 141 Å². The fourth-order valence-electron chi connectivity index (χ4n) is 2.09. The van der Waals surface area contributed by atoms with Gasteiger partial charge in [0.1, 0.15) is 10.7 Å². The highest BCUT2D eigenvalue weighted by Gasteiger charge is 2.20.